The minimum atomic E-state index is -0.672. The van der Waals surface area contributed by atoms with E-state index >= 15 is 0 Å². The molecule has 1 heterocycles. The van der Waals surface area contributed by atoms with Crippen molar-refractivity contribution in [2.45, 2.75) is 11.7 Å². The second-order valence-electron chi connectivity index (χ2n) is 7.59. The lowest BCUT2D eigenvalue weighted by atomic mass is 9.86. The Hall–Kier alpha value is -3.26. The average Bonchev–Trinajstić information content (AvgIpc) is 2.85. The van der Waals surface area contributed by atoms with Gasteiger partial charge in [0.2, 0.25) is 0 Å². The van der Waals surface area contributed by atoms with Crippen LogP contribution >= 0.6 is 0 Å². The fraction of sp³-hybridized carbons (Fsp3) is 0.280. The molecule has 1 fully saturated rings. The highest BCUT2D eigenvalue weighted by atomic mass is 16.6. The normalized spacial score (nSPS) is 17.6. The first-order chi connectivity index (χ1) is 15.7. The first kappa shape index (κ1) is 22.0. The van der Waals surface area contributed by atoms with E-state index in [9.17, 15) is 10.1 Å². The summed E-state index contributed by atoms with van der Waals surface area (Å²) in [4.78, 5) is 10.6. The van der Waals surface area contributed by atoms with Gasteiger partial charge in [0.1, 0.15) is 12.2 Å². The maximum Gasteiger partial charge on any atom is 0.310 e. The molecule has 32 heavy (non-hydrogen) atoms. The third-order valence-electron chi connectivity index (χ3n) is 5.43. The predicted molar refractivity (Wildman–Crippen MR) is 121 cm³/mol. The number of hydrogen-bond donors (Lipinski definition) is 1. The van der Waals surface area contributed by atoms with Crippen molar-refractivity contribution in [3.63, 3.8) is 0 Å². The van der Waals surface area contributed by atoms with Gasteiger partial charge in [-0.25, -0.2) is 0 Å². The van der Waals surface area contributed by atoms with Crippen molar-refractivity contribution in [2.75, 3.05) is 32.9 Å². The van der Waals surface area contributed by atoms with Crippen molar-refractivity contribution in [2.24, 2.45) is 0 Å². The molecule has 1 saturated heterocycles. The van der Waals surface area contributed by atoms with Crippen LogP contribution in [0.5, 0.6) is 5.75 Å². The summed E-state index contributed by atoms with van der Waals surface area (Å²) < 4.78 is 18.2. The molecule has 0 aliphatic carbocycles. The fourth-order valence-electron chi connectivity index (χ4n) is 3.90. The van der Waals surface area contributed by atoms with Crippen LogP contribution in [0.4, 0.5) is 5.69 Å². The number of ether oxygens (including phenoxy) is 3. The smallest absolute Gasteiger partial charge is 0.310 e. The molecule has 3 aromatic rings. The molecule has 3 aromatic carbocycles. The molecule has 1 aliphatic rings. The minimum Gasteiger partial charge on any atom is -0.485 e. The summed E-state index contributed by atoms with van der Waals surface area (Å²) >= 11 is 0. The Bertz CT molecular complexity index is 974. The van der Waals surface area contributed by atoms with Gasteiger partial charge in [-0.2, -0.15) is 0 Å². The van der Waals surface area contributed by atoms with E-state index in [1.54, 1.807) is 18.2 Å². The molecule has 4 rings (SSSR count). The van der Waals surface area contributed by atoms with Crippen LogP contribution in [-0.4, -0.2) is 43.9 Å². The van der Waals surface area contributed by atoms with E-state index in [0.717, 1.165) is 11.1 Å². The van der Waals surface area contributed by atoms with Crippen molar-refractivity contribution in [3.8, 4) is 5.75 Å². The Morgan fingerprint density at radius 2 is 1.59 bits per heavy atom. The molecule has 1 N–H and O–H groups in total. The summed E-state index contributed by atoms with van der Waals surface area (Å²) in [5, 5.41) is 14.4. The zero-order valence-electron chi connectivity index (χ0n) is 17.7. The average molecular weight is 434 g/mol. The van der Waals surface area contributed by atoms with Gasteiger partial charge in [-0.15, -0.1) is 0 Å². The van der Waals surface area contributed by atoms with Gasteiger partial charge in [0, 0.05) is 19.2 Å². The summed E-state index contributed by atoms with van der Waals surface area (Å²) in [5.74, 6) is 0.267. The van der Waals surface area contributed by atoms with Gasteiger partial charge in [0.05, 0.1) is 24.2 Å². The Morgan fingerprint density at radius 1 is 0.969 bits per heavy atom. The van der Waals surface area contributed by atoms with Gasteiger partial charge >= 0.3 is 5.69 Å². The molecular weight excluding hydrogens is 408 g/mol. The molecule has 0 amide bonds. The van der Waals surface area contributed by atoms with Gasteiger partial charge in [-0.1, -0.05) is 72.8 Å². The second kappa shape index (κ2) is 10.4. The quantitative estimate of drug-likeness (QED) is 0.312. The Labute approximate surface area is 187 Å². The number of nitro benzene ring substituents is 1. The third kappa shape index (κ3) is 4.96. The van der Waals surface area contributed by atoms with Crippen LogP contribution in [0.2, 0.25) is 0 Å². The van der Waals surface area contributed by atoms with Crippen molar-refractivity contribution in [1.82, 2.24) is 5.32 Å². The number of para-hydroxylation sites is 2. The zero-order valence-corrected chi connectivity index (χ0v) is 17.7. The lowest BCUT2D eigenvalue weighted by Crippen LogP contribution is -2.49. The van der Waals surface area contributed by atoms with Crippen molar-refractivity contribution >= 4 is 5.69 Å². The standard InChI is InChI=1S/C25H26N2O5/c28-27(29)23-13-7-8-14-24(23)31-16-15-26-17-22-18-30-19-25(32-22,20-9-3-1-4-10-20)21-11-5-2-6-12-21/h1-14,22,26H,15-19H2. The van der Waals surface area contributed by atoms with E-state index in [2.05, 4.69) is 29.6 Å². The maximum atomic E-state index is 11.1. The predicted octanol–water partition coefficient (Wildman–Crippen LogP) is 3.92. The summed E-state index contributed by atoms with van der Waals surface area (Å²) in [6.07, 6.45) is -0.157. The highest BCUT2D eigenvalue weighted by molar-refractivity contribution is 5.45. The number of hydrogen-bond acceptors (Lipinski definition) is 6. The molecular formula is C25H26N2O5. The van der Waals surface area contributed by atoms with E-state index in [0.29, 0.717) is 32.9 Å². The molecule has 0 bridgehead atoms. The first-order valence-electron chi connectivity index (χ1n) is 10.6. The number of rotatable bonds is 9. The van der Waals surface area contributed by atoms with Crippen LogP contribution < -0.4 is 10.1 Å². The fourth-order valence-corrected chi connectivity index (χ4v) is 3.90. The Balaban J connectivity index is 1.37. The van der Waals surface area contributed by atoms with Crippen molar-refractivity contribution in [3.05, 3.63) is 106 Å². The Morgan fingerprint density at radius 3 is 2.25 bits per heavy atom. The van der Waals surface area contributed by atoms with E-state index in [-0.39, 0.29) is 17.5 Å². The van der Waals surface area contributed by atoms with Crippen LogP contribution in [0.15, 0.2) is 84.9 Å². The van der Waals surface area contributed by atoms with Crippen LogP contribution in [-0.2, 0) is 15.1 Å². The lowest BCUT2D eigenvalue weighted by Gasteiger charge is -2.42. The molecule has 0 radical (unpaired) electrons. The minimum absolute atomic E-state index is 0.0352. The van der Waals surface area contributed by atoms with E-state index < -0.39 is 10.5 Å². The number of nitro groups is 1. The molecule has 1 aliphatic heterocycles. The third-order valence-corrected chi connectivity index (χ3v) is 5.43. The summed E-state index contributed by atoms with van der Waals surface area (Å²) in [6.45, 7) is 2.33. The van der Waals surface area contributed by atoms with Gasteiger partial charge in [0.15, 0.2) is 5.75 Å². The molecule has 1 unspecified atom stereocenters. The van der Waals surface area contributed by atoms with Crippen LogP contribution in [0.1, 0.15) is 11.1 Å². The molecule has 7 heteroatoms. The molecule has 1 atom stereocenters. The maximum absolute atomic E-state index is 11.1. The lowest BCUT2D eigenvalue weighted by molar-refractivity contribution is -0.385. The van der Waals surface area contributed by atoms with E-state index in [1.807, 2.05) is 36.4 Å². The highest BCUT2D eigenvalue weighted by Gasteiger charge is 2.41. The van der Waals surface area contributed by atoms with E-state index in [4.69, 9.17) is 14.2 Å². The van der Waals surface area contributed by atoms with Crippen molar-refractivity contribution in [1.29, 1.82) is 0 Å². The summed E-state index contributed by atoms with van der Waals surface area (Å²) in [6, 6.07) is 26.6. The number of nitrogens with zero attached hydrogens (tertiary/aromatic N) is 1. The topological polar surface area (TPSA) is 82.9 Å². The van der Waals surface area contributed by atoms with E-state index in [1.165, 1.54) is 6.07 Å². The SMILES string of the molecule is O=[N+]([O-])c1ccccc1OCCNCC1COCC(c2ccccc2)(c2ccccc2)O1. The molecule has 0 aromatic heterocycles. The molecule has 0 saturated carbocycles. The van der Waals surface area contributed by atoms with Gasteiger partial charge in [-0.3, -0.25) is 10.1 Å². The van der Waals surface area contributed by atoms with Crippen LogP contribution in [0.25, 0.3) is 0 Å². The number of nitrogens with one attached hydrogen (secondary N) is 1. The summed E-state index contributed by atoms with van der Waals surface area (Å²) in [7, 11) is 0. The van der Waals surface area contributed by atoms with Gasteiger partial charge < -0.3 is 19.5 Å². The molecule has 0 spiro atoms. The van der Waals surface area contributed by atoms with Crippen LogP contribution in [0.3, 0.4) is 0 Å². The number of benzene rings is 3. The molecule has 166 valence electrons. The first-order valence-corrected chi connectivity index (χ1v) is 10.6. The zero-order chi connectivity index (χ0) is 22.2. The molecule has 7 nitrogen and oxygen atoms in total. The highest BCUT2D eigenvalue weighted by Crippen LogP contribution is 2.37. The van der Waals surface area contributed by atoms with Crippen molar-refractivity contribution < 1.29 is 19.1 Å². The van der Waals surface area contributed by atoms with Crippen LogP contribution in [0, 0.1) is 10.1 Å². The second-order valence-corrected chi connectivity index (χ2v) is 7.59. The Kier molecular flexibility index (Phi) is 7.11. The largest absolute Gasteiger partial charge is 0.485 e. The van der Waals surface area contributed by atoms with Gasteiger partial charge in [-0.05, 0) is 17.2 Å². The monoisotopic (exact) mass is 434 g/mol. The van der Waals surface area contributed by atoms with Gasteiger partial charge in [0.25, 0.3) is 0 Å². The summed E-state index contributed by atoms with van der Waals surface area (Å²) in [5.41, 5.74) is 1.40.